The zero-order chi connectivity index (χ0) is 15.0. The maximum atomic E-state index is 12.2. The quantitative estimate of drug-likeness (QED) is 0.391. The zero-order valence-electron chi connectivity index (χ0n) is 11.2. The van der Waals surface area contributed by atoms with Crippen molar-refractivity contribution in [3.63, 3.8) is 0 Å². The van der Waals surface area contributed by atoms with Crippen LogP contribution >= 0.6 is 11.6 Å². The molecule has 1 aromatic rings. The van der Waals surface area contributed by atoms with Crippen LogP contribution < -0.4 is 5.84 Å². The molecule has 2 N–H and O–H groups in total. The maximum absolute atomic E-state index is 12.2. The van der Waals surface area contributed by atoms with E-state index >= 15 is 0 Å². The van der Waals surface area contributed by atoms with Gasteiger partial charge in [-0.25, -0.2) is 5.84 Å². The van der Waals surface area contributed by atoms with Gasteiger partial charge in [-0.15, -0.1) is 0 Å². The molecular weight excluding hydrogens is 270 g/mol. The largest absolute Gasteiger partial charge is 0.291 e. The topological polar surface area (TPSA) is 89.5 Å². The standard InChI is InChI=1S/C12H16ClN3O3/c1-7-8(11(17)15(14)12(2,3)4)5-6-9(13)10(7)16(18)19/h5-6H,14H2,1-4H3. The molecular formula is C12H16ClN3O3. The second kappa shape index (κ2) is 5.14. The zero-order valence-corrected chi connectivity index (χ0v) is 12.0. The van der Waals surface area contributed by atoms with Gasteiger partial charge >= 0.3 is 0 Å². The third kappa shape index (κ3) is 3.02. The first-order valence-electron chi connectivity index (χ1n) is 5.60. The molecule has 19 heavy (non-hydrogen) atoms. The molecule has 0 bridgehead atoms. The van der Waals surface area contributed by atoms with Crippen molar-refractivity contribution in [2.45, 2.75) is 33.2 Å². The van der Waals surface area contributed by atoms with Crippen LogP contribution in [0, 0.1) is 17.0 Å². The number of hydrogen-bond donors (Lipinski definition) is 1. The lowest BCUT2D eigenvalue weighted by atomic mass is 10.0. The van der Waals surface area contributed by atoms with Crippen molar-refractivity contribution in [2.75, 3.05) is 0 Å². The lowest BCUT2D eigenvalue weighted by molar-refractivity contribution is -0.385. The monoisotopic (exact) mass is 285 g/mol. The summed E-state index contributed by atoms with van der Waals surface area (Å²) in [6.07, 6.45) is 0. The van der Waals surface area contributed by atoms with Crippen LogP contribution in [-0.2, 0) is 0 Å². The number of nitrogens with zero attached hydrogens (tertiary/aromatic N) is 2. The third-order valence-electron chi connectivity index (χ3n) is 2.74. The summed E-state index contributed by atoms with van der Waals surface area (Å²) in [7, 11) is 0. The smallest absolute Gasteiger partial charge is 0.271 e. The SMILES string of the molecule is Cc1c(C(=O)N(N)C(C)(C)C)ccc(Cl)c1[N+](=O)[O-]. The van der Waals surface area contributed by atoms with Gasteiger partial charge in [0, 0.05) is 5.56 Å². The molecule has 0 aliphatic carbocycles. The maximum Gasteiger partial charge on any atom is 0.291 e. The van der Waals surface area contributed by atoms with Crippen LogP contribution in [0.25, 0.3) is 0 Å². The highest BCUT2D eigenvalue weighted by molar-refractivity contribution is 6.33. The third-order valence-corrected chi connectivity index (χ3v) is 3.04. The number of halogens is 1. The Hall–Kier alpha value is -1.66. The first-order valence-corrected chi connectivity index (χ1v) is 5.98. The predicted molar refractivity (Wildman–Crippen MR) is 73.0 cm³/mol. The van der Waals surface area contributed by atoms with Crippen molar-refractivity contribution in [3.05, 3.63) is 38.4 Å². The van der Waals surface area contributed by atoms with E-state index in [1.165, 1.54) is 19.1 Å². The molecule has 0 radical (unpaired) electrons. The van der Waals surface area contributed by atoms with Crippen LogP contribution in [-0.4, -0.2) is 21.4 Å². The van der Waals surface area contributed by atoms with Gasteiger partial charge in [-0.2, -0.15) is 0 Å². The van der Waals surface area contributed by atoms with Crippen molar-refractivity contribution in [3.8, 4) is 0 Å². The molecule has 0 heterocycles. The molecule has 1 aromatic carbocycles. The van der Waals surface area contributed by atoms with Gasteiger partial charge in [0.2, 0.25) is 0 Å². The summed E-state index contributed by atoms with van der Waals surface area (Å²) in [6, 6.07) is 2.77. The highest BCUT2D eigenvalue weighted by Gasteiger charge is 2.29. The van der Waals surface area contributed by atoms with Gasteiger partial charge in [0.15, 0.2) is 0 Å². The van der Waals surface area contributed by atoms with Crippen molar-refractivity contribution in [1.29, 1.82) is 0 Å². The van der Waals surface area contributed by atoms with Gasteiger partial charge in [0.05, 0.1) is 16.0 Å². The normalized spacial score (nSPS) is 11.3. The van der Waals surface area contributed by atoms with Crippen molar-refractivity contribution < 1.29 is 9.72 Å². The number of benzene rings is 1. The summed E-state index contributed by atoms with van der Waals surface area (Å²) in [4.78, 5) is 22.6. The van der Waals surface area contributed by atoms with Gasteiger partial charge < -0.3 is 0 Å². The Morgan fingerprint density at radius 1 is 1.42 bits per heavy atom. The number of nitro benzene ring substituents is 1. The number of rotatable bonds is 2. The Morgan fingerprint density at radius 3 is 2.37 bits per heavy atom. The van der Waals surface area contributed by atoms with Crippen LogP contribution in [0.4, 0.5) is 5.69 Å². The Morgan fingerprint density at radius 2 is 1.95 bits per heavy atom. The molecule has 6 nitrogen and oxygen atoms in total. The van der Waals surface area contributed by atoms with E-state index in [2.05, 4.69) is 0 Å². The van der Waals surface area contributed by atoms with E-state index in [1.807, 2.05) is 0 Å². The van der Waals surface area contributed by atoms with Crippen LogP contribution in [0.5, 0.6) is 0 Å². The van der Waals surface area contributed by atoms with E-state index in [9.17, 15) is 14.9 Å². The number of carbonyl (C=O) groups excluding carboxylic acids is 1. The Bertz CT molecular complexity index is 538. The van der Waals surface area contributed by atoms with Gasteiger partial charge in [0.25, 0.3) is 11.6 Å². The van der Waals surface area contributed by atoms with E-state index in [1.54, 1.807) is 20.8 Å². The lowest BCUT2D eigenvalue weighted by Crippen LogP contribution is -2.50. The van der Waals surface area contributed by atoms with Crippen LogP contribution in [0.15, 0.2) is 12.1 Å². The summed E-state index contributed by atoms with van der Waals surface area (Å²) >= 11 is 5.77. The van der Waals surface area contributed by atoms with Gasteiger partial charge in [0.1, 0.15) is 5.02 Å². The van der Waals surface area contributed by atoms with Crippen molar-refractivity contribution >= 4 is 23.2 Å². The van der Waals surface area contributed by atoms with E-state index < -0.39 is 16.4 Å². The molecule has 0 saturated heterocycles. The summed E-state index contributed by atoms with van der Waals surface area (Å²) in [6.45, 7) is 6.79. The molecule has 0 aliphatic heterocycles. The number of amides is 1. The molecule has 0 aromatic heterocycles. The van der Waals surface area contributed by atoms with Crippen LogP contribution in [0.3, 0.4) is 0 Å². The fraction of sp³-hybridized carbons (Fsp3) is 0.417. The molecule has 0 fully saturated rings. The molecule has 0 aliphatic rings. The van der Waals surface area contributed by atoms with Crippen LogP contribution in [0.2, 0.25) is 5.02 Å². The van der Waals surface area contributed by atoms with E-state index in [4.69, 9.17) is 17.4 Å². The average molecular weight is 286 g/mol. The molecule has 0 atom stereocenters. The minimum atomic E-state index is -0.605. The number of hydrogen-bond acceptors (Lipinski definition) is 4. The molecule has 0 saturated carbocycles. The number of nitro groups is 1. The summed E-state index contributed by atoms with van der Waals surface area (Å²) in [5.41, 5.74) is -0.469. The second-order valence-electron chi connectivity index (χ2n) is 5.17. The Kier molecular flexibility index (Phi) is 4.17. The molecule has 0 unspecified atom stereocenters. The minimum Gasteiger partial charge on any atom is -0.271 e. The second-order valence-corrected chi connectivity index (χ2v) is 5.58. The predicted octanol–water partition coefficient (Wildman–Crippen LogP) is 2.67. The Labute approximate surface area is 116 Å². The minimum absolute atomic E-state index is 0.00150. The van der Waals surface area contributed by atoms with Crippen molar-refractivity contribution in [1.82, 2.24) is 5.01 Å². The summed E-state index contributed by atoms with van der Waals surface area (Å²) in [5.74, 6) is 5.26. The highest BCUT2D eigenvalue weighted by Crippen LogP contribution is 2.31. The van der Waals surface area contributed by atoms with E-state index in [0.29, 0.717) is 0 Å². The Balaban J connectivity index is 3.34. The summed E-state index contributed by atoms with van der Waals surface area (Å²) < 4.78 is 0. The number of nitrogens with two attached hydrogens (primary N) is 1. The first kappa shape index (κ1) is 15.4. The molecule has 1 amide bonds. The first-order chi connectivity index (χ1) is 8.57. The van der Waals surface area contributed by atoms with Crippen molar-refractivity contribution in [2.24, 2.45) is 5.84 Å². The van der Waals surface area contributed by atoms with E-state index in [0.717, 1.165) is 5.01 Å². The lowest BCUT2D eigenvalue weighted by Gasteiger charge is -2.31. The molecule has 104 valence electrons. The number of carbonyl (C=O) groups is 1. The van der Waals surface area contributed by atoms with E-state index in [-0.39, 0.29) is 21.8 Å². The molecule has 0 spiro atoms. The molecule has 7 heteroatoms. The molecule has 1 rings (SSSR count). The number of hydrazine groups is 1. The fourth-order valence-corrected chi connectivity index (χ4v) is 1.83. The highest BCUT2D eigenvalue weighted by atomic mass is 35.5. The van der Waals surface area contributed by atoms with Gasteiger partial charge in [-0.05, 0) is 39.8 Å². The average Bonchev–Trinajstić information content (AvgIpc) is 2.25. The summed E-state index contributed by atoms with van der Waals surface area (Å²) in [5, 5.41) is 12.0. The van der Waals surface area contributed by atoms with Crippen LogP contribution in [0.1, 0.15) is 36.7 Å². The van der Waals surface area contributed by atoms with Gasteiger partial charge in [-0.3, -0.25) is 19.9 Å². The fourth-order valence-electron chi connectivity index (χ4n) is 1.56. The van der Waals surface area contributed by atoms with Gasteiger partial charge in [-0.1, -0.05) is 11.6 Å².